The van der Waals surface area contributed by atoms with Gasteiger partial charge in [-0.25, -0.2) is 4.39 Å². The first kappa shape index (κ1) is 17.9. The third kappa shape index (κ3) is 7.43. The predicted octanol–water partition coefficient (Wildman–Crippen LogP) is 2.72. The Morgan fingerprint density at radius 3 is 2.90 bits per heavy atom. The molecule has 2 N–H and O–H groups in total. The van der Waals surface area contributed by atoms with Gasteiger partial charge in [0.25, 0.3) is 0 Å². The van der Waals surface area contributed by atoms with Crippen LogP contribution in [0.1, 0.15) is 18.9 Å². The van der Waals surface area contributed by atoms with Crippen LogP contribution in [0.3, 0.4) is 0 Å². The van der Waals surface area contributed by atoms with Gasteiger partial charge in [-0.15, -0.1) is 0 Å². The van der Waals surface area contributed by atoms with Crippen molar-refractivity contribution < 1.29 is 9.13 Å². The number of ether oxygens (including phenoxy) is 1. The first-order chi connectivity index (χ1) is 10.2. The summed E-state index contributed by atoms with van der Waals surface area (Å²) >= 11 is 3.36. The number of methoxy groups -OCH3 is 1. The zero-order chi connectivity index (χ0) is 15.5. The smallest absolute Gasteiger partial charge is 0.191 e. The second kappa shape index (κ2) is 10.6. The summed E-state index contributed by atoms with van der Waals surface area (Å²) in [7, 11) is 1.68. The molecule has 0 bridgehead atoms. The van der Waals surface area contributed by atoms with Gasteiger partial charge in [-0.05, 0) is 43.5 Å². The van der Waals surface area contributed by atoms with E-state index < -0.39 is 0 Å². The topological polar surface area (TPSA) is 45.7 Å². The lowest BCUT2D eigenvalue weighted by Crippen LogP contribution is -2.38. The van der Waals surface area contributed by atoms with Crippen LogP contribution in [0.15, 0.2) is 27.7 Å². The second-order valence-electron chi connectivity index (χ2n) is 4.52. The molecule has 0 aliphatic carbocycles. The molecule has 6 heteroatoms. The first-order valence-electron chi connectivity index (χ1n) is 7.12. The molecule has 118 valence electrons. The number of nitrogens with zero attached hydrogens (tertiary/aromatic N) is 1. The van der Waals surface area contributed by atoms with Crippen molar-refractivity contribution in [3.63, 3.8) is 0 Å². The number of benzene rings is 1. The average Bonchev–Trinajstić information content (AvgIpc) is 2.47. The van der Waals surface area contributed by atoms with Gasteiger partial charge in [0.2, 0.25) is 0 Å². The van der Waals surface area contributed by atoms with Gasteiger partial charge in [0, 0.05) is 37.8 Å². The highest BCUT2D eigenvalue weighted by Crippen LogP contribution is 2.15. The minimum absolute atomic E-state index is 0.179. The third-order valence-corrected chi connectivity index (χ3v) is 3.31. The van der Waals surface area contributed by atoms with Crippen molar-refractivity contribution in [1.29, 1.82) is 0 Å². The van der Waals surface area contributed by atoms with Gasteiger partial charge in [0.05, 0.1) is 0 Å². The van der Waals surface area contributed by atoms with Crippen molar-refractivity contribution in [3.8, 4) is 0 Å². The molecule has 1 rings (SSSR count). The third-order valence-electron chi connectivity index (χ3n) is 2.82. The van der Waals surface area contributed by atoms with E-state index in [4.69, 9.17) is 4.74 Å². The number of hydrogen-bond donors (Lipinski definition) is 2. The lowest BCUT2D eigenvalue weighted by atomic mass is 10.1. The Balaban J connectivity index is 2.43. The molecule has 0 unspecified atom stereocenters. The monoisotopic (exact) mass is 359 g/mol. The Morgan fingerprint density at radius 2 is 2.19 bits per heavy atom. The average molecular weight is 360 g/mol. The molecule has 0 amide bonds. The van der Waals surface area contributed by atoms with Gasteiger partial charge in [-0.3, -0.25) is 4.99 Å². The molecule has 0 radical (unpaired) electrons. The maximum atomic E-state index is 13.6. The van der Waals surface area contributed by atoms with Crippen LogP contribution in [0.25, 0.3) is 0 Å². The van der Waals surface area contributed by atoms with Crippen LogP contribution < -0.4 is 10.6 Å². The van der Waals surface area contributed by atoms with Gasteiger partial charge in [-0.2, -0.15) is 0 Å². The number of hydrogen-bond acceptors (Lipinski definition) is 2. The molecule has 0 aromatic heterocycles. The Bertz CT molecular complexity index is 455. The van der Waals surface area contributed by atoms with Crippen LogP contribution in [0.4, 0.5) is 4.39 Å². The van der Waals surface area contributed by atoms with E-state index in [-0.39, 0.29) is 5.82 Å². The second-order valence-corrected chi connectivity index (χ2v) is 5.44. The SMILES string of the molecule is CCNC(=NCCCOC)NCCc1cc(Br)ccc1F. The van der Waals surface area contributed by atoms with Crippen molar-refractivity contribution in [2.45, 2.75) is 19.8 Å². The summed E-state index contributed by atoms with van der Waals surface area (Å²) in [6.07, 6.45) is 1.49. The molecular weight excluding hydrogens is 337 g/mol. The summed E-state index contributed by atoms with van der Waals surface area (Å²) in [5.74, 6) is 0.575. The fraction of sp³-hybridized carbons (Fsp3) is 0.533. The van der Waals surface area contributed by atoms with Crippen molar-refractivity contribution in [1.82, 2.24) is 10.6 Å². The van der Waals surface area contributed by atoms with Gasteiger partial charge in [0.1, 0.15) is 5.82 Å². The molecule has 0 spiro atoms. The van der Waals surface area contributed by atoms with Crippen LogP contribution in [0.2, 0.25) is 0 Å². The molecule has 1 aromatic carbocycles. The maximum Gasteiger partial charge on any atom is 0.191 e. The van der Waals surface area contributed by atoms with E-state index in [2.05, 4.69) is 31.6 Å². The Labute approximate surface area is 134 Å². The highest BCUT2D eigenvalue weighted by atomic mass is 79.9. The molecule has 21 heavy (non-hydrogen) atoms. The van der Waals surface area contributed by atoms with Crippen molar-refractivity contribution in [3.05, 3.63) is 34.1 Å². The molecule has 0 aliphatic rings. The lowest BCUT2D eigenvalue weighted by Gasteiger charge is -2.11. The highest BCUT2D eigenvalue weighted by Gasteiger charge is 2.03. The summed E-state index contributed by atoms with van der Waals surface area (Å²) < 4.78 is 19.5. The molecule has 0 atom stereocenters. The zero-order valence-electron chi connectivity index (χ0n) is 12.6. The molecule has 0 aliphatic heterocycles. The summed E-state index contributed by atoms with van der Waals surface area (Å²) in [5.41, 5.74) is 0.687. The van der Waals surface area contributed by atoms with Crippen LogP contribution in [-0.4, -0.2) is 39.3 Å². The van der Waals surface area contributed by atoms with Gasteiger partial charge in [-0.1, -0.05) is 15.9 Å². The summed E-state index contributed by atoms with van der Waals surface area (Å²) in [6, 6.07) is 4.98. The molecule has 1 aromatic rings. The van der Waals surface area contributed by atoms with E-state index >= 15 is 0 Å². The Hall–Kier alpha value is -1.14. The van der Waals surface area contributed by atoms with Gasteiger partial charge in [0.15, 0.2) is 5.96 Å². The fourth-order valence-corrected chi connectivity index (χ4v) is 2.20. The quantitative estimate of drug-likeness (QED) is 0.426. The molecule has 0 heterocycles. The van der Waals surface area contributed by atoms with E-state index in [0.29, 0.717) is 31.7 Å². The first-order valence-corrected chi connectivity index (χ1v) is 7.91. The number of nitrogens with one attached hydrogen (secondary N) is 2. The number of halogens is 2. The van der Waals surface area contributed by atoms with Crippen molar-refractivity contribution in [2.75, 3.05) is 33.4 Å². The minimum atomic E-state index is -0.179. The largest absolute Gasteiger partial charge is 0.385 e. The normalized spacial score (nSPS) is 11.5. The molecule has 0 saturated heterocycles. The molecule has 0 fully saturated rings. The number of aliphatic imine (C=N–C) groups is 1. The van der Waals surface area contributed by atoms with Gasteiger partial charge < -0.3 is 15.4 Å². The fourth-order valence-electron chi connectivity index (χ4n) is 1.79. The molecule has 0 saturated carbocycles. The molecule has 4 nitrogen and oxygen atoms in total. The maximum absolute atomic E-state index is 13.6. The van der Waals surface area contributed by atoms with Crippen LogP contribution in [-0.2, 0) is 11.2 Å². The van der Waals surface area contributed by atoms with E-state index in [0.717, 1.165) is 23.4 Å². The van der Waals surface area contributed by atoms with E-state index in [1.165, 1.54) is 6.07 Å². The summed E-state index contributed by atoms with van der Waals surface area (Å²) in [4.78, 5) is 4.43. The van der Waals surface area contributed by atoms with E-state index in [1.54, 1.807) is 19.2 Å². The lowest BCUT2D eigenvalue weighted by molar-refractivity contribution is 0.197. The summed E-state index contributed by atoms with van der Waals surface area (Å²) in [5, 5.41) is 6.38. The predicted molar refractivity (Wildman–Crippen MR) is 88.3 cm³/mol. The standard InChI is InChI=1S/C15H23BrFN3O/c1-3-18-15(19-8-4-10-21-2)20-9-7-12-11-13(16)5-6-14(12)17/h5-6,11H,3-4,7-10H2,1-2H3,(H2,18,19,20). The van der Waals surface area contributed by atoms with Crippen LogP contribution in [0, 0.1) is 5.82 Å². The van der Waals surface area contributed by atoms with Crippen LogP contribution in [0.5, 0.6) is 0 Å². The van der Waals surface area contributed by atoms with E-state index in [9.17, 15) is 4.39 Å². The minimum Gasteiger partial charge on any atom is -0.385 e. The number of rotatable bonds is 8. The number of guanidine groups is 1. The summed E-state index contributed by atoms with van der Waals surface area (Å²) in [6.45, 7) is 4.84. The van der Waals surface area contributed by atoms with E-state index in [1.807, 2.05) is 6.92 Å². The van der Waals surface area contributed by atoms with Crippen LogP contribution >= 0.6 is 15.9 Å². The zero-order valence-corrected chi connectivity index (χ0v) is 14.2. The van der Waals surface area contributed by atoms with Gasteiger partial charge >= 0.3 is 0 Å². The Kier molecular flexibility index (Phi) is 9.01. The highest BCUT2D eigenvalue weighted by molar-refractivity contribution is 9.10. The Morgan fingerprint density at radius 1 is 1.38 bits per heavy atom. The van der Waals surface area contributed by atoms with Crippen molar-refractivity contribution in [2.24, 2.45) is 4.99 Å². The van der Waals surface area contributed by atoms with Crippen molar-refractivity contribution >= 4 is 21.9 Å². The molecular formula is C15H23BrFN3O.